The molecule has 1 fully saturated rings. The maximum absolute atomic E-state index is 8.83. The van der Waals surface area contributed by atoms with Gasteiger partial charge in [0.25, 0.3) is 0 Å². The summed E-state index contributed by atoms with van der Waals surface area (Å²) in [5, 5.41) is 9.38. The normalized spacial score (nSPS) is 25.5. The van der Waals surface area contributed by atoms with Crippen LogP contribution in [0.5, 0.6) is 11.5 Å². The Hall–Kier alpha value is -3.32. The maximum atomic E-state index is 8.83. The van der Waals surface area contributed by atoms with Crippen molar-refractivity contribution in [2.75, 3.05) is 72.7 Å². The molecule has 0 aliphatic carbocycles. The van der Waals surface area contributed by atoms with Gasteiger partial charge in [0.05, 0.1) is 64.9 Å². The van der Waals surface area contributed by atoms with Crippen LogP contribution in [0.3, 0.4) is 0 Å². The van der Waals surface area contributed by atoms with Crippen molar-refractivity contribution in [1.29, 1.82) is 0 Å². The van der Waals surface area contributed by atoms with Crippen LogP contribution in [0.15, 0.2) is 46.6 Å². The van der Waals surface area contributed by atoms with Gasteiger partial charge in [0, 0.05) is 9.82 Å². The van der Waals surface area contributed by atoms with E-state index < -0.39 is 24.4 Å². The number of hydrogen-bond acceptors (Lipinski definition) is 10. The molecule has 0 N–H and O–H groups in total. The number of ether oxygens (including phenoxy) is 8. The molecule has 0 amide bonds. The lowest BCUT2D eigenvalue weighted by Crippen LogP contribution is -2.49. The average Bonchev–Trinajstić information content (AvgIpc) is 3.11. The van der Waals surface area contributed by atoms with E-state index in [0.29, 0.717) is 37.9 Å². The van der Waals surface area contributed by atoms with Gasteiger partial charge in [0.2, 0.25) is 0 Å². The summed E-state index contributed by atoms with van der Waals surface area (Å²) in [5.74, 6) is 1.26. The molecule has 1 saturated heterocycles. The van der Waals surface area contributed by atoms with Gasteiger partial charge in [-0.3, -0.25) is 0 Å². The second-order valence-electron chi connectivity index (χ2n) is 8.59. The van der Waals surface area contributed by atoms with Crippen molar-refractivity contribution in [3.63, 3.8) is 0 Å². The summed E-state index contributed by atoms with van der Waals surface area (Å²) in [7, 11) is 0. The molecular weight excluding hydrogens is 512 g/mol. The van der Waals surface area contributed by atoms with E-state index in [1.165, 1.54) is 0 Å². The van der Waals surface area contributed by atoms with E-state index in [-0.39, 0.29) is 46.3 Å². The third-order valence-electron chi connectivity index (χ3n) is 6.13. The molecule has 39 heavy (non-hydrogen) atoms. The minimum absolute atomic E-state index is 0.00918. The highest BCUT2D eigenvalue weighted by Crippen LogP contribution is 2.32. The predicted molar refractivity (Wildman–Crippen MR) is 139 cm³/mol. The minimum atomic E-state index is -0.681. The molecular formula is C25H32N6O8. The Kier molecular flexibility index (Phi) is 11.7. The first-order valence-electron chi connectivity index (χ1n) is 12.7. The average molecular weight is 545 g/mol. The number of nitrogens with zero attached hydrogens (tertiary/aromatic N) is 6. The molecule has 0 saturated carbocycles. The Morgan fingerprint density at radius 1 is 0.641 bits per heavy atom. The zero-order valence-electron chi connectivity index (χ0n) is 21.5. The molecule has 210 valence electrons. The maximum Gasteiger partial charge on any atom is 0.161 e. The standard InChI is InChI=1S/C25H32N6O8/c26-30-28-15-22-24-25(23(16-29-31-27)39-17-38-22)37-12-8-33-6-10-35-21-14-19-4-2-1-3-18(19)13-20(21)34-9-5-32-7-11-36-24/h1-4,13-14,22-25H,5-12,15-17H2/t22-,23-,24-,25-/m1/s1. The molecule has 0 spiro atoms. The molecule has 14 heteroatoms. The molecule has 0 unspecified atom stereocenters. The molecule has 14 nitrogen and oxygen atoms in total. The van der Waals surface area contributed by atoms with Crippen molar-refractivity contribution in [2.24, 2.45) is 10.2 Å². The summed E-state index contributed by atoms with van der Waals surface area (Å²) in [6, 6.07) is 11.9. The van der Waals surface area contributed by atoms with E-state index in [9.17, 15) is 0 Å². The number of fused-ring (bicyclic) bond motifs is 3. The monoisotopic (exact) mass is 544 g/mol. The summed E-state index contributed by atoms with van der Waals surface area (Å²) in [5.41, 5.74) is 17.7. The third-order valence-corrected chi connectivity index (χ3v) is 6.13. The molecule has 2 aliphatic heterocycles. The third kappa shape index (κ3) is 8.59. The fourth-order valence-electron chi connectivity index (χ4n) is 4.31. The topological polar surface area (TPSA) is 171 Å². The van der Waals surface area contributed by atoms with Crippen LogP contribution < -0.4 is 9.47 Å². The second kappa shape index (κ2) is 15.9. The Morgan fingerprint density at radius 3 is 1.56 bits per heavy atom. The Morgan fingerprint density at radius 2 is 1.10 bits per heavy atom. The molecule has 0 radical (unpaired) electrons. The van der Waals surface area contributed by atoms with Gasteiger partial charge in [-0.05, 0) is 34.0 Å². The number of hydrogen-bond donors (Lipinski definition) is 0. The van der Waals surface area contributed by atoms with Crippen LogP contribution in [0.4, 0.5) is 0 Å². The van der Waals surface area contributed by atoms with E-state index in [0.717, 1.165) is 10.8 Å². The quantitative estimate of drug-likeness (QED) is 0.318. The molecule has 0 bridgehead atoms. The first-order chi connectivity index (χ1) is 19.3. The van der Waals surface area contributed by atoms with Crippen molar-refractivity contribution < 1.29 is 37.9 Å². The van der Waals surface area contributed by atoms with Crippen molar-refractivity contribution in [1.82, 2.24) is 0 Å². The van der Waals surface area contributed by atoms with Gasteiger partial charge in [-0.2, -0.15) is 0 Å². The van der Waals surface area contributed by atoms with Crippen LogP contribution in [0.1, 0.15) is 0 Å². The van der Waals surface area contributed by atoms with E-state index >= 15 is 0 Å². The van der Waals surface area contributed by atoms with Crippen LogP contribution in [-0.4, -0.2) is 97.2 Å². The Labute approximate surface area is 225 Å². The molecule has 4 atom stereocenters. The van der Waals surface area contributed by atoms with Gasteiger partial charge in [0.1, 0.15) is 32.2 Å². The van der Waals surface area contributed by atoms with Gasteiger partial charge >= 0.3 is 0 Å². The van der Waals surface area contributed by atoms with E-state index in [1.807, 2.05) is 36.4 Å². The Bertz CT molecular complexity index is 1060. The lowest BCUT2D eigenvalue weighted by molar-refractivity contribution is -0.140. The zero-order valence-corrected chi connectivity index (χ0v) is 21.5. The lowest BCUT2D eigenvalue weighted by atomic mass is 10.0. The smallest absolute Gasteiger partial charge is 0.161 e. The highest BCUT2D eigenvalue weighted by atomic mass is 16.7. The highest BCUT2D eigenvalue weighted by Gasteiger charge is 2.40. The number of azide groups is 2. The molecule has 2 aromatic rings. The van der Waals surface area contributed by atoms with Crippen LogP contribution in [-0.2, 0) is 28.4 Å². The van der Waals surface area contributed by atoms with Crippen molar-refractivity contribution in [2.45, 2.75) is 24.4 Å². The largest absolute Gasteiger partial charge is 0.487 e. The van der Waals surface area contributed by atoms with Crippen molar-refractivity contribution in [3.8, 4) is 11.5 Å². The zero-order chi connectivity index (χ0) is 27.1. The lowest BCUT2D eigenvalue weighted by Gasteiger charge is -2.32. The predicted octanol–water partition coefficient (Wildman–Crippen LogP) is 3.78. The van der Waals surface area contributed by atoms with Crippen LogP contribution in [0.25, 0.3) is 31.7 Å². The van der Waals surface area contributed by atoms with Gasteiger partial charge in [-0.1, -0.05) is 34.5 Å². The van der Waals surface area contributed by atoms with Crippen LogP contribution >= 0.6 is 0 Å². The second-order valence-corrected chi connectivity index (χ2v) is 8.59. The Balaban J connectivity index is 1.45. The van der Waals surface area contributed by atoms with E-state index in [4.69, 9.17) is 49.0 Å². The molecule has 0 aromatic heterocycles. The summed E-state index contributed by atoms with van der Waals surface area (Å²) < 4.78 is 47.2. The minimum Gasteiger partial charge on any atom is -0.487 e. The number of benzene rings is 2. The first-order valence-corrected chi connectivity index (χ1v) is 12.7. The van der Waals surface area contributed by atoms with Gasteiger partial charge < -0.3 is 37.9 Å². The summed E-state index contributed by atoms with van der Waals surface area (Å²) >= 11 is 0. The van der Waals surface area contributed by atoms with Crippen LogP contribution in [0.2, 0.25) is 0 Å². The van der Waals surface area contributed by atoms with Crippen LogP contribution in [0, 0.1) is 0 Å². The molecule has 2 aliphatic rings. The van der Waals surface area contributed by atoms with E-state index in [2.05, 4.69) is 20.1 Å². The highest BCUT2D eigenvalue weighted by molar-refractivity contribution is 5.86. The van der Waals surface area contributed by atoms with E-state index in [1.54, 1.807) is 0 Å². The van der Waals surface area contributed by atoms with Gasteiger partial charge in [0.15, 0.2) is 11.5 Å². The fraction of sp³-hybridized carbons (Fsp3) is 0.600. The fourth-order valence-corrected chi connectivity index (χ4v) is 4.31. The number of rotatable bonds is 4. The SMILES string of the molecule is [N-]=[N+]=NC[C@H]1OCO[C@H](CN=[N+]=[N-])[C@H]2OCCOCCOc3cc4ccccc4cc3OCCOCCO[C@@H]21. The van der Waals surface area contributed by atoms with Gasteiger partial charge in [-0.15, -0.1) is 0 Å². The summed E-state index contributed by atoms with van der Waals surface area (Å²) in [6.07, 6.45) is -2.65. The molecule has 2 heterocycles. The summed E-state index contributed by atoms with van der Waals surface area (Å²) in [4.78, 5) is 5.66. The molecule has 4 rings (SSSR count). The van der Waals surface area contributed by atoms with Crippen molar-refractivity contribution >= 4 is 10.8 Å². The van der Waals surface area contributed by atoms with Crippen molar-refractivity contribution in [3.05, 3.63) is 57.3 Å². The van der Waals surface area contributed by atoms with Gasteiger partial charge in [-0.25, -0.2) is 0 Å². The first kappa shape index (κ1) is 28.7. The summed E-state index contributed by atoms with van der Waals surface area (Å²) in [6.45, 7) is 2.13. The molecule has 2 aromatic carbocycles.